The fourth-order valence-corrected chi connectivity index (χ4v) is 2.79. The van der Waals surface area contributed by atoms with E-state index in [0.29, 0.717) is 0 Å². The molecule has 0 radical (unpaired) electrons. The van der Waals surface area contributed by atoms with Crippen molar-refractivity contribution >= 4 is 0 Å². The van der Waals surface area contributed by atoms with Gasteiger partial charge >= 0.3 is 0 Å². The van der Waals surface area contributed by atoms with E-state index in [2.05, 4.69) is 16.9 Å². The maximum atomic E-state index is 4.38. The Hall–Kier alpha value is -0.920. The Morgan fingerprint density at radius 2 is 2.00 bits per heavy atom. The lowest BCUT2D eigenvalue weighted by atomic mass is 9.76. The lowest BCUT2D eigenvalue weighted by molar-refractivity contribution is 0.227. The molecule has 0 aromatic carbocycles. The highest BCUT2D eigenvalue weighted by Crippen LogP contribution is 2.33. The topological polar surface area (TPSA) is 25.8 Å². The molecule has 0 N–H and O–H groups in total. The van der Waals surface area contributed by atoms with Crippen LogP contribution in [0.4, 0.5) is 0 Å². The first-order valence-electron chi connectivity index (χ1n) is 6.15. The van der Waals surface area contributed by atoms with Gasteiger partial charge in [-0.3, -0.25) is 9.97 Å². The van der Waals surface area contributed by atoms with Crippen molar-refractivity contribution in [3.05, 3.63) is 24.3 Å². The van der Waals surface area contributed by atoms with Crippen molar-refractivity contribution in [2.75, 3.05) is 0 Å². The molecule has 0 saturated heterocycles. The minimum atomic E-state index is 0.848. The van der Waals surface area contributed by atoms with Gasteiger partial charge < -0.3 is 0 Å². The van der Waals surface area contributed by atoms with Crippen molar-refractivity contribution in [3.63, 3.8) is 0 Å². The van der Waals surface area contributed by atoms with Gasteiger partial charge in [-0.2, -0.15) is 0 Å². The lowest BCUT2D eigenvalue weighted by Crippen LogP contribution is -2.21. The van der Waals surface area contributed by atoms with Crippen LogP contribution in [0.5, 0.6) is 0 Å². The van der Waals surface area contributed by atoms with Crippen LogP contribution in [0.25, 0.3) is 0 Å². The molecule has 1 aromatic rings. The molecule has 2 rings (SSSR count). The van der Waals surface area contributed by atoms with Gasteiger partial charge in [-0.15, -0.1) is 0 Å². The van der Waals surface area contributed by atoms with E-state index in [9.17, 15) is 0 Å². The highest BCUT2D eigenvalue weighted by Gasteiger charge is 2.23. The summed E-state index contributed by atoms with van der Waals surface area (Å²) in [5.41, 5.74) is 1.17. The minimum Gasteiger partial charge on any atom is -0.261 e. The number of nitrogens with zero attached hydrogens (tertiary/aromatic N) is 2. The zero-order valence-electron chi connectivity index (χ0n) is 9.52. The second-order valence-corrected chi connectivity index (χ2v) is 4.61. The van der Waals surface area contributed by atoms with Crippen molar-refractivity contribution in [1.82, 2.24) is 9.97 Å². The van der Waals surface area contributed by atoms with E-state index in [1.54, 1.807) is 12.4 Å². The quantitative estimate of drug-likeness (QED) is 0.755. The smallest absolute Gasteiger partial charge is 0.0589 e. The highest BCUT2D eigenvalue weighted by molar-refractivity contribution is 4.97. The summed E-state index contributed by atoms with van der Waals surface area (Å²) in [6.45, 7) is 2.32. The van der Waals surface area contributed by atoms with Crippen LogP contribution >= 0.6 is 0 Å². The van der Waals surface area contributed by atoms with Crippen LogP contribution < -0.4 is 0 Å². The summed E-state index contributed by atoms with van der Waals surface area (Å²) in [7, 11) is 0. The fraction of sp³-hybridized carbons (Fsp3) is 0.692. The monoisotopic (exact) mass is 204 g/mol. The van der Waals surface area contributed by atoms with Crippen molar-refractivity contribution in [1.29, 1.82) is 0 Å². The standard InChI is InChI=1S/C13H20N2/c1-2-11-5-3-4-6-12(11)9-13-10-14-7-8-15-13/h7-8,10-12H,2-6,9H2,1H3. The molecular weight excluding hydrogens is 184 g/mol. The summed E-state index contributed by atoms with van der Waals surface area (Å²) < 4.78 is 0. The zero-order valence-corrected chi connectivity index (χ0v) is 9.52. The summed E-state index contributed by atoms with van der Waals surface area (Å²) in [6, 6.07) is 0. The predicted octanol–water partition coefficient (Wildman–Crippen LogP) is 3.24. The molecule has 82 valence electrons. The van der Waals surface area contributed by atoms with E-state index in [4.69, 9.17) is 0 Å². The summed E-state index contributed by atoms with van der Waals surface area (Å²) in [4.78, 5) is 8.52. The third-order valence-electron chi connectivity index (χ3n) is 3.68. The average molecular weight is 204 g/mol. The van der Waals surface area contributed by atoms with Crippen LogP contribution in [0.15, 0.2) is 18.6 Å². The number of rotatable bonds is 3. The van der Waals surface area contributed by atoms with E-state index in [1.807, 2.05) is 6.20 Å². The largest absolute Gasteiger partial charge is 0.261 e. The van der Waals surface area contributed by atoms with E-state index in [0.717, 1.165) is 18.3 Å². The Morgan fingerprint density at radius 3 is 2.67 bits per heavy atom. The van der Waals surface area contributed by atoms with Crippen LogP contribution in [0, 0.1) is 11.8 Å². The van der Waals surface area contributed by atoms with Crippen LogP contribution in [-0.4, -0.2) is 9.97 Å². The highest BCUT2D eigenvalue weighted by atomic mass is 14.8. The molecule has 15 heavy (non-hydrogen) atoms. The Bertz CT molecular complexity index is 284. The molecule has 2 unspecified atom stereocenters. The third kappa shape index (κ3) is 2.77. The molecule has 0 bridgehead atoms. The zero-order chi connectivity index (χ0) is 10.5. The molecule has 2 nitrogen and oxygen atoms in total. The van der Waals surface area contributed by atoms with Gasteiger partial charge in [0.2, 0.25) is 0 Å². The Balaban J connectivity index is 1.97. The first-order chi connectivity index (χ1) is 7.40. The van der Waals surface area contributed by atoms with Crippen molar-refractivity contribution in [3.8, 4) is 0 Å². The van der Waals surface area contributed by atoms with Crippen molar-refractivity contribution in [2.45, 2.75) is 45.4 Å². The van der Waals surface area contributed by atoms with Gasteiger partial charge in [0, 0.05) is 18.6 Å². The number of aromatic nitrogens is 2. The van der Waals surface area contributed by atoms with Gasteiger partial charge in [-0.05, 0) is 24.7 Å². The maximum Gasteiger partial charge on any atom is 0.0589 e. The summed E-state index contributed by atoms with van der Waals surface area (Å²) in [5, 5.41) is 0. The second kappa shape index (κ2) is 5.24. The van der Waals surface area contributed by atoms with Crippen LogP contribution in [0.3, 0.4) is 0 Å². The molecule has 0 spiro atoms. The normalized spacial score (nSPS) is 26.5. The third-order valence-corrected chi connectivity index (χ3v) is 3.68. The van der Waals surface area contributed by atoms with Crippen LogP contribution in [0.2, 0.25) is 0 Å². The maximum absolute atomic E-state index is 4.38. The number of hydrogen-bond acceptors (Lipinski definition) is 2. The molecule has 0 amide bonds. The van der Waals surface area contributed by atoms with Gasteiger partial charge in [0.25, 0.3) is 0 Å². The summed E-state index contributed by atoms with van der Waals surface area (Å²) in [5.74, 6) is 1.77. The van der Waals surface area contributed by atoms with E-state index < -0.39 is 0 Å². The molecule has 1 heterocycles. The van der Waals surface area contributed by atoms with Crippen LogP contribution in [0.1, 0.15) is 44.7 Å². The van der Waals surface area contributed by atoms with Gasteiger partial charge in [0.1, 0.15) is 0 Å². The van der Waals surface area contributed by atoms with Gasteiger partial charge in [-0.1, -0.05) is 32.6 Å². The summed E-state index contributed by atoms with van der Waals surface area (Å²) in [6.07, 6.45) is 13.6. The first-order valence-corrected chi connectivity index (χ1v) is 6.15. The Morgan fingerprint density at radius 1 is 1.20 bits per heavy atom. The fourth-order valence-electron chi connectivity index (χ4n) is 2.79. The Kier molecular flexibility index (Phi) is 3.70. The van der Waals surface area contributed by atoms with E-state index >= 15 is 0 Å². The molecule has 1 fully saturated rings. The Labute approximate surface area is 92.1 Å². The second-order valence-electron chi connectivity index (χ2n) is 4.61. The lowest BCUT2D eigenvalue weighted by Gasteiger charge is -2.30. The minimum absolute atomic E-state index is 0.848. The van der Waals surface area contributed by atoms with E-state index in [1.165, 1.54) is 37.8 Å². The van der Waals surface area contributed by atoms with Crippen LogP contribution in [-0.2, 0) is 6.42 Å². The van der Waals surface area contributed by atoms with E-state index in [-0.39, 0.29) is 0 Å². The average Bonchev–Trinajstić information content (AvgIpc) is 2.31. The van der Waals surface area contributed by atoms with Crippen molar-refractivity contribution < 1.29 is 0 Å². The SMILES string of the molecule is CCC1CCCCC1Cc1cnccn1. The van der Waals surface area contributed by atoms with Gasteiger partial charge in [0.15, 0.2) is 0 Å². The molecule has 1 aliphatic rings. The number of hydrogen-bond donors (Lipinski definition) is 0. The van der Waals surface area contributed by atoms with Crippen molar-refractivity contribution in [2.24, 2.45) is 11.8 Å². The molecule has 0 aliphatic heterocycles. The van der Waals surface area contributed by atoms with Gasteiger partial charge in [0.05, 0.1) is 5.69 Å². The molecule has 2 heteroatoms. The summed E-state index contributed by atoms with van der Waals surface area (Å²) >= 11 is 0. The molecule has 1 aromatic heterocycles. The molecule has 1 saturated carbocycles. The molecular formula is C13H20N2. The molecule has 2 atom stereocenters. The first kappa shape index (κ1) is 10.6. The molecule has 1 aliphatic carbocycles. The van der Waals surface area contributed by atoms with Gasteiger partial charge in [-0.25, -0.2) is 0 Å². The predicted molar refractivity (Wildman–Crippen MR) is 61.5 cm³/mol.